The fourth-order valence-corrected chi connectivity index (χ4v) is 1.12. The van der Waals surface area contributed by atoms with E-state index < -0.39 is 0 Å². The van der Waals surface area contributed by atoms with Gasteiger partial charge in [-0.1, -0.05) is 4.49 Å². The summed E-state index contributed by atoms with van der Waals surface area (Å²) in [4.78, 5) is 11.3. The summed E-state index contributed by atoms with van der Waals surface area (Å²) >= 11 is 1.10. The van der Waals surface area contributed by atoms with Gasteiger partial charge in [0.1, 0.15) is 5.00 Å². The number of hydrogen-bond acceptors (Lipinski definition) is 6. The Balaban J connectivity index is 2.08. The predicted molar refractivity (Wildman–Crippen MR) is 44.2 cm³/mol. The van der Waals surface area contributed by atoms with Gasteiger partial charge in [0.15, 0.2) is 5.69 Å². The first-order valence-corrected chi connectivity index (χ1v) is 4.08. The third-order valence-corrected chi connectivity index (χ3v) is 1.83. The van der Waals surface area contributed by atoms with E-state index in [1.54, 1.807) is 0 Å². The molecule has 13 heavy (non-hydrogen) atoms. The standard InChI is InChI=1S/C5H4N6OS/c12-5(3-1-6-10-9-3)8-4-2-7-11-13-4/h1-2H,(H,8,12)(H,6,9,10). The van der Waals surface area contributed by atoms with Gasteiger partial charge in [0.2, 0.25) is 0 Å². The summed E-state index contributed by atoms with van der Waals surface area (Å²) < 4.78 is 3.59. The van der Waals surface area contributed by atoms with E-state index in [1.165, 1.54) is 12.4 Å². The highest BCUT2D eigenvalue weighted by Crippen LogP contribution is 2.09. The predicted octanol–water partition coefficient (Wildman–Crippen LogP) is -0.0915. The van der Waals surface area contributed by atoms with Crippen LogP contribution in [0.1, 0.15) is 10.5 Å². The van der Waals surface area contributed by atoms with Crippen LogP contribution in [0.3, 0.4) is 0 Å². The zero-order valence-electron chi connectivity index (χ0n) is 6.26. The minimum Gasteiger partial charge on any atom is -0.309 e. The van der Waals surface area contributed by atoms with Crippen LogP contribution in [0, 0.1) is 0 Å². The van der Waals surface area contributed by atoms with Crippen LogP contribution in [0.25, 0.3) is 0 Å². The Labute approximate surface area is 76.3 Å². The van der Waals surface area contributed by atoms with Crippen molar-refractivity contribution in [2.75, 3.05) is 5.32 Å². The van der Waals surface area contributed by atoms with Gasteiger partial charge in [-0.2, -0.15) is 15.4 Å². The molecule has 0 unspecified atom stereocenters. The van der Waals surface area contributed by atoms with Crippen molar-refractivity contribution in [1.29, 1.82) is 0 Å². The molecule has 66 valence electrons. The van der Waals surface area contributed by atoms with E-state index in [-0.39, 0.29) is 11.6 Å². The summed E-state index contributed by atoms with van der Waals surface area (Å²) in [6, 6.07) is 0. The number of rotatable bonds is 2. The van der Waals surface area contributed by atoms with Gasteiger partial charge in [-0.05, 0) is 0 Å². The summed E-state index contributed by atoms with van der Waals surface area (Å²) in [5.74, 6) is -0.334. The molecule has 2 aromatic heterocycles. The zero-order chi connectivity index (χ0) is 9.10. The molecule has 2 N–H and O–H groups in total. The zero-order valence-corrected chi connectivity index (χ0v) is 7.08. The SMILES string of the molecule is O=C(Nc1cnns1)c1cn[nH]n1. The Morgan fingerprint density at radius 1 is 1.54 bits per heavy atom. The monoisotopic (exact) mass is 196 g/mol. The Morgan fingerprint density at radius 3 is 3.08 bits per heavy atom. The molecule has 2 aromatic rings. The largest absolute Gasteiger partial charge is 0.309 e. The average molecular weight is 196 g/mol. The maximum atomic E-state index is 11.3. The molecule has 0 fully saturated rings. The van der Waals surface area contributed by atoms with E-state index in [1.807, 2.05) is 0 Å². The van der Waals surface area contributed by atoms with Gasteiger partial charge in [0.25, 0.3) is 5.91 Å². The highest BCUT2D eigenvalue weighted by molar-refractivity contribution is 7.10. The smallest absolute Gasteiger partial charge is 0.278 e. The summed E-state index contributed by atoms with van der Waals surface area (Å²) in [6.07, 6.45) is 2.80. The summed E-state index contributed by atoms with van der Waals surface area (Å²) in [7, 11) is 0. The third kappa shape index (κ3) is 1.67. The highest BCUT2D eigenvalue weighted by Gasteiger charge is 2.09. The Bertz CT molecular complexity index is 381. The molecule has 0 aliphatic rings. The molecule has 0 saturated carbocycles. The topological polar surface area (TPSA) is 96.5 Å². The van der Waals surface area contributed by atoms with Gasteiger partial charge in [-0.15, -0.1) is 5.10 Å². The van der Waals surface area contributed by atoms with Gasteiger partial charge < -0.3 is 5.32 Å². The lowest BCUT2D eigenvalue weighted by Gasteiger charge is -1.94. The average Bonchev–Trinajstić information content (AvgIpc) is 2.74. The van der Waals surface area contributed by atoms with Crippen molar-refractivity contribution in [3.05, 3.63) is 18.1 Å². The van der Waals surface area contributed by atoms with Crippen molar-refractivity contribution >= 4 is 22.4 Å². The van der Waals surface area contributed by atoms with Crippen LogP contribution in [0.15, 0.2) is 12.4 Å². The number of nitrogens with zero attached hydrogens (tertiary/aromatic N) is 4. The summed E-state index contributed by atoms with van der Waals surface area (Å²) in [6.45, 7) is 0. The van der Waals surface area contributed by atoms with E-state index in [0.29, 0.717) is 5.00 Å². The molecule has 0 bridgehead atoms. The quantitative estimate of drug-likeness (QED) is 0.699. The molecule has 7 nitrogen and oxygen atoms in total. The lowest BCUT2D eigenvalue weighted by atomic mass is 10.4. The number of hydrogen-bond donors (Lipinski definition) is 2. The van der Waals surface area contributed by atoms with E-state index in [9.17, 15) is 4.79 Å². The number of aromatic nitrogens is 5. The lowest BCUT2D eigenvalue weighted by Crippen LogP contribution is -2.11. The first kappa shape index (κ1) is 7.80. The maximum Gasteiger partial charge on any atom is 0.278 e. The molecule has 0 aliphatic heterocycles. The molecule has 0 aromatic carbocycles. The fraction of sp³-hybridized carbons (Fsp3) is 0. The number of H-pyrrole nitrogens is 1. The number of aromatic amines is 1. The maximum absolute atomic E-state index is 11.3. The van der Waals surface area contributed by atoms with Crippen molar-refractivity contribution in [1.82, 2.24) is 25.0 Å². The number of anilines is 1. The Hall–Kier alpha value is -1.83. The Kier molecular flexibility index (Phi) is 1.96. The van der Waals surface area contributed by atoms with E-state index >= 15 is 0 Å². The molecule has 2 heterocycles. The van der Waals surface area contributed by atoms with Gasteiger partial charge in [-0.3, -0.25) is 4.79 Å². The van der Waals surface area contributed by atoms with Gasteiger partial charge in [0.05, 0.1) is 12.4 Å². The van der Waals surface area contributed by atoms with Crippen LogP contribution in [0.4, 0.5) is 5.00 Å². The molecule has 0 atom stereocenters. The number of amides is 1. The second kappa shape index (κ2) is 3.27. The number of nitrogens with one attached hydrogen (secondary N) is 2. The first-order valence-electron chi connectivity index (χ1n) is 3.31. The van der Waals surface area contributed by atoms with Crippen molar-refractivity contribution in [3.8, 4) is 0 Å². The first-order chi connectivity index (χ1) is 6.36. The molecule has 0 aliphatic carbocycles. The normalized spacial score (nSPS) is 9.85. The van der Waals surface area contributed by atoms with Gasteiger partial charge >= 0.3 is 0 Å². The molecule has 0 radical (unpaired) electrons. The molecule has 0 spiro atoms. The van der Waals surface area contributed by atoms with E-state index in [0.717, 1.165) is 11.5 Å². The van der Waals surface area contributed by atoms with E-state index in [2.05, 4.69) is 30.3 Å². The van der Waals surface area contributed by atoms with E-state index in [4.69, 9.17) is 0 Å². The number of carbonyl (C=O) groups excluding carboxylic acids is 1. The van der Waals surface area contributed by atoms with Crippen LogP contribution < -0.4 is 5.32 Å². The second-order valence-corrected chi connectivity index (χ2v) is 2.88. The molecule has 0 saturated heterocycles. The minimum atomic E-state index is -0.334. The molecule has 2 rings (SSSR count). The number of carbonyl (C=O) groups is 1. The van der Waals surface area contributed by atoms with Gasteiger partial charge in [-0.25, -0.2) is 0 Å². The van der Waals surface area contributed by atoms with Gasteiger partial charge in [0, 0.05) is 11.5 Å². The Morgan fingerprint density at radius 2 is 2.46 bits per heavy atom. The highest BCUT2D eigenvalue weighted by atomic mass is 32.1. The van der Waals surface area contributed by atoms with Crippen LogP contribution in [-0.2, 0) is 0 Å². The molecule has 1 amide bonds. The van der Waals surface area contributed by atoms with Crippen LogP contribution in [0.2, 0.25) is 0 Å². The second-order valence-electron chi connectivity index (χ2n) is 2.09. The van der Waals surface area contributed by atoms with Crippen LogP contribution in [-0.4, -0.2) is 30.9 Å². The lowest BCUT2D eigenvalue weighted by molar-refractivity contribution is 0.102. The minimum absolute atomic E-state index is 0.230. The van der Waals surface area contributed by atoms with Crippen LogP contribution in [0.5, 0.6) is 0 Å². The third-order valence-electron chi connectivity index (χ3n) is 1.25. The van der Waals surface area contributed by atoms with Crippen molar-refractivity contribution in [2.24, 2.45) is 0 Å². The fourth-order valence-electron chi connectivity index (χ4n) is 0.709. The summed E-state index contributed by atoms with van der Waals surface area (Å²) in [5, 5.41) is 16.2. The van der Waals surface area contributed by atoms with Crippen LogP contribution >= 0.6 is 11.5 Å². The van der Waals surface area contributed by atoms with Crippen molar-refractivity contribution < 1.29 is 4.79 Å². The molecular formula is C5H4N6OS. The van der Waals surface area contributed by atoms with Crippen molar-refractivity contribution in [3.63, 3.8) is 0 Å². The van der Waals surface area contributed by atoms with Crippen molar-refractivity contribution in [2.45, 2.75) is 0 Å². The molecule has 8 heteroatoms. The summed E-state index contributed by atoms with van der Waals surface area (Å²) in [5.41, 5.74) is 0.230. The molecular weight excluding hydrogens is 192 g/mol.